The van der Waals surface area contributed by atoms with E-state index in [1.165, 1.54) is 21.6 Å². The summed E-state index contributed by atoms with van der Waals surface area (Å²) in [7, 11) is 0. The van der Waals surface area contributed by atoms with Crippen LogP contribution in [0.1, 0.15) is 20.3 Å². The molecular weight excluding hydrogens is 381 g/mol. The number of rotatable bonds is 5. The summed E-state index contributed by atoms with van der Waals surface area (Å²) >= 11 is 6.23. The fraction of sp³-hybridized carbons (Fsp3) is 0.278. The molecule has 9 heteroatoms. The van der Waals surface area contributed by atoms with E-state index in [4.69, 9.17) is 11.6 Å². The zero-order chi connectivity index (χ0) is 19.7. The Bertz CT molecular complexity index is 1010. The minimum absolute atomic E-state index is 0.0111. The van der Waals surface area contributed by atoms with Crippen molar-refractivity contribution < 1.29 is 13.2 Å². The molecule has 0 N–H and O–H groups in total. The lowest BCUT2D eigenvalue weighted by molar-refractivity contribution is 0.458. The van der Waals surface area contributed by atoms with Gasteiger partial charge in [0.05, 0.1) is 11.3 Å². The van der Waals surface area contributed by atoms with Crippen LogP contribution >= 0.6 is 11.6 Å². The van der Waals surface area contributed by atoms with Crippen molar-refractivity contribution in [2.24, 2.45) is 5.92 Å². The summed E-state index contributed by atoms with van der Waals surface area (Å²) in [5.74, 6) is -3.49. The third-order valence-corrected chi connectivity index (χ3v) is 4.53. The second kappa shape index (κ2) is 7.56. The van der Waals surface area contributed by atoms with Crippen molar-refractivity contribution in [1.82, 2.24) is 19.3 Å². The lowest BCUT2D eigenvalue weighted by Gasteiger charge is -2.19. The zero-order valence-corrected chi connectivity index (χ0v) is 15.3. The van der Waals surface area contributed by atoms with Crippen LogP contribution in [-0.2, 0) is 6.54 Å². The Hall–Kier alpha value is -2.61. The average molecular weight is 397 g/mol. The van der Waals surface area contributed by atoms with Crippen molar-refractivity contribution in [3.63, 3.8) is 0 Å². The summed E-state index contributed by atoms with van der Waals surface area (Å²) in [6.07, 6.45) is 3.69. The summed E-state index contributed by atoms with van der Waals surface area (Å²) in [6.45, 7) is 3.96. The van der Waals surface area contributed by atoms with Crippen LogP contribution in [-0.4, -0.2) is 19.3 Å². The molecule has 3 aromatic rings. The zero-order valence-electron chi connectivity index (χ0n) is 14.6. The maximum Gasteiger partial charge on any atom is 0.296 e. The molecule has 0 fully saturated rings. The first-order valence-electron chi connectivity index (χ1n) is 8.28. The molecule has 3 rings (SSSR count). The van der Waals surface area contributed by atoms with Crippen molar-refractivity contribution in [3.8, 4) is 17.1 Å². The number of aromatic nitrogens is 4. The third-order valence-electron chi connectivity index (χ3n) is 4.26. The second-order valence-electron chi connectivity index (χ2n) is 6.20. The van der Waals surface area contributed by atoms with Crippen molar-refractivity contribution in [2.45, 2.75) is 26.8 Å². The van der Waals surface area contributed by atoms with Gasteiger partial charge in [-0.15, -0.1) is 0 Å². The quantitative estimate of drug-likeness (QED) is 0.649. The smallest absolute Gasteiger partial charge is 0.296 e. The normalized spacial score (nSPS) is 12.4. The number of nitrogens with zero attached hydrogens (tertiary/aromatic N) is 4. The second-order valence-corrected chi connectivity index (χ2v) is 6.56. The van der Waals surface area contributed by atoms with E-state index >= 15 is 0 Å². The summed E-state index contributed by atoms with van der Waals surface area (Å²) in [6, 6.07) is 2.67. The highest BCUT2D eigenvalue weighted by atomic mass is 35.5. The van der Waals surface area contributed by atoms with E-state index < -0.39 is 28.6 Å². The first-order chi connectivity index (χ1) is 12.8. The molecule has 0 aliphatic rings. The Kier molecular flexibility index (Phi) is 5.36. The molecular formula is C18H16ClF3N4O. The van der Waals surface area contributed by atoms with Gasteiger partial charge in [0.2, 0.25) is 5.82 Å². The average Bonchev–Trinajstić information content (AvgIpc) is 3.13. The Morgan fingerprint density at radius 2 is 1.89 bits per heavy atom. The minimum Gasteiger partial charge on any atom is -0.302 e. The van der Waals surface area contributed by atoms with Crippen molar-refractivity contribution in [3.05, 3.63) is 63.6 Å². The standard InChI is InChI=1S/C18H16ClF3N4O/c1-3-10(2)9-25-15(14-12(21)7-11(20)8-13(14)22)16(19)24-17(18(25)27)26-6-4-5-23-26/h4-8,10H,3,9H2,1-2H3/t10-/m0/s1. The number of benzene rings is 1. The third kappa shape index (κ3) is 3.62. The summed E-state index contributed by atoms with van der Waals surface area (Å²) in [5, 5.41) is 3.68. The van der Waals surface area contributed by atoms with Crippen LogP contribution in [0, 0.1) is 23.4 Å². The molecule has 0 saturated carbocycles. The molecule has 0 radical (unpaired) electrons. The Morgan fingerprint density at radius 1 is 1.22 bits per heavy atom. The SMILES string of the molecule is CC[C@H](C)Cn1c(-c2c(F)cc(F)cc2F)c(Cl)nc(-n2cccn2)c1=O. The summed E-state index contributed by atoms with van der Waals surface area (Å²) in [5.41, 5.74) is -1.43. The van der Waals surface area contributed by atoms with Crippen LogP contribution < -0.4 is 5.56 Å². The molecule has 0 unspecified atom stereocenters. The topological polar surface area (TPSA) is 52.7 Å². The Balaban J connectivity index is 2.34. The molecule has 5 nitrogen and oxygen atoms in total. The molecule has 27 heavy (non-hydrogen) atoms. The largest absolute Gasteiger partial charge is 0.302 e. The number of hydrogen-bond acceptors (Lipinski definition) is 3. The first kappa shape index (κ1) is 19.2. The highest BCUT2D eigenvalue weighted by Crippen LogP contribution is 2.32. The van der Waals surface area contributed by atoms with Gasteiger partial charge in [-0.1, -0.05) is 31.9 Å². The van der Waals surface area contributed by atoms with Gasteiger partial charge in [0.25, 0.3) is 5.56 Å². The predicted octanol–water partition coefficient (Wildman–Crippen LogP) is 4.21. The minimum atomic E-state index is -1.17. The van der Waals surface area contributed by atoms with Gasteiger partial charge in [0.15, 0.2) is 5.15 Å². The fourth-order valence-electron chi connectivity index (χ4n) is 2.69. The maximum atomic E-state index is 14.4. The molecule has 1 aromatic carbocycles. The predicted molar refractivity (Wildman–Crippen MR) is 95.4 cm³/mol. The molecule has 1 atom stereocenters. The van der Waals surface area contributed by atoms with E-state index in [-0.39, 0.29) is 29.1 Å². The van der Waals surface area contributed by atoms with E-state index in [2.05, 4.69) is 10.1 Å². The lowest BCUT2D eigenvalue weighted by atomic mass is 10.1. The first-order valence-corrected chi connectivity index (χ1v) is 8.66. The van der Waals surface area contributed by atoms with Gasteiger partial charge in [0, 0.05) is 31.1 Å². The van der Waals surface area contributed by atoms with E-state index in [9.17, 15) is 18.0 Å². The van der Waals surface area contributed by atoms with Crippen LogP contribution in [0.5, 0.6) is 0 Å². The van der Waals surface area contributed by atoms with Crippen LogP contribution in [0.25, 0.3) is 17.1 Å². The van der Waals surface area contributed by atoms with Crippen molar-refractivity contribution >= 4 is 11.6 Å². The van der Waals surface area contributed by atoms with Gasteiger partial charge in [-0.3, -0.25) is 4.79 Å². The van der Waals surface area contributed by atoms with E-state index in [0.717, 1.165) is 6.42 Å². The van der Waals surface area contributed by atoms with Gasteiger partial charge < -0.3 is 4.57 Å². The molecule has 0 saturated heterocycles. The van der Waals surface area contributed by atoms with Gasteiger partial charge in [0.1, 0.15) is 17.5 Å². The van der Waals surface area contributed by atoms with Crippen molar-refractivity contribution in [2.75, 3.05) is 0 Å². The molecule has 0 aliphatic heterocycles. The Morgan fingerprint density at radius 3 is 2.44 bits per heavy atom. The van der Waals surface area contributed by atoms with E-state index in [1.54, 1.807) is 6.07 Å². The van der Waals surface area contributed by atoms with Crippen molar-refractivity contribution in [1.29, 1.82) is 0 Å². The van der Waals surface area contributed by atoms with Gasteiger partial charge >= 0.3 is 0 Å². The molecule has 142 valence electrons. The highest BCUT2D eigenvalue weighted by Gasteiger charge is 2.25. The van der Waals surface area contributed by atoms with E-state index in [0.29, 0.717) is 12.1 Å². The molecule has 2 aromatic heterocycles. The Labute approximate surface area is 158 Å². The van der Waals surface area contributed by atoms with Gasteiger partial charge in [-0.2, -0.15) is 5.10 Å². The molecule has 0 aliphatic carbocycles. The van der Waals surface area contributed by atoms with Crippen LogP contribution in [0.3, 0.4) is 0 Å². The summed E-state index contributed by atoms with van der Waals surface area (Å²) < 4.78 is 44.5. The van der Waals surface area contributed by atoms with Crippen LogP contribution in [0.15, 0.2) is 35.4 Å². The molecule has 0 bridgehead atoms. The number of halogens is 4. The summed E-state index contributed by atoms with van der Waals surface area (Å²) in [4.78, 5) is 17.0. The molecule has 2 heterocycles. The fourth-order valence-corrected chi connectivity index (χ4v) is 2.97. The maximum absolute atomic E-state index is 14.4. The number of hydrogen-bond donors (Lipinski definition) is 0. The molecule has 0 amide bonds. The van der Waals surface area contributed by atoms with Crippen LogP contribution in [0.2, 0.25) is 5.15 Å². The van der Waals surface area contributed by atoms with E-state index in [1.807, 2.05) is 13.8 Å². The van der Waals surface area contributed by atoms with Gasteiger partial charge in [-0.05, 0) is 12.0 Å². The lowest BCUT2D eigenvalue weighted by Crippen LogP contribution is -2.30. The molecule has 0 spiro atoms. The van der Waals surface area contributed by atoms with Crippen LogP contribution in [0.4, 0.5) is 13.2 Å². The monoisotopic (exact) mass is 396 g/mol. The highest BCUT2D eigenvalue weighted by molar-refractivity contribution is 6.31. The van der Waals surface area contributed by atoms with Gasteiger partial charge in [-0.25, -0.2) is 22.8 Å².